The van der Waals surface area contributed by atoms with E-state index in [4.69, 9.17) is 4.74 Å². The van der Waals surface area contributed by atoms with Crippen LogP contribution >= 0.6 is 0 Å². The van der Waals surface area contributed by atoms with Crippen molar-refractivity contribution in [2.24, 2.45) is 12.0 Å². The fraction of sp³-hybridized carbons (Fsp3) is 0.643. The quantitative estimate of drug-likeness (QED) is 0.599. The minimum Gasteiger partial charge on any atom is -0.370 e. The molecule has 1 unspecified atom stereocenters. The first-order valence-corrected chi connectivity index (χ1v) is 7.27. The molecule has 1 atom stereocenters. The highest BCUT2D eigenvalue weighted by molar-refractivity contribution is 5.86. The molecule has 1 fully saturated rings. The SMILES string of the molecule is CN=C(NCC(=O)N(C)C)N1CCOC(c2cnn(C)c2)C1. The van der Waals surface area contributed by atoms with Crippen molar-refractivity contribution in [2.75, 3.05) is 47.4 Å². The second-order valence-corrected chi connectivity index (χ2v) is 5.44. The van der Waals surface area contributed by atoms with Crippen molar-refractivity contribution in [2.45, 2.75) is 6.10 Å². The number of carbonyl (C=O) groups excluding carboxylic acids is 1. The van der Waals surface area contributed by atoms with Crippen LogP contribution in [-0.2, 0) is 16.6 Å². The molecule has 8 nitrogen and oxygen atoms in total. The predicted molar refractivity (Wildman–Crippen MR) is 83.5 cm³/mol. The molecule has 0 aliphatic carbocycles. The maximum atomic E-state index is 11.7. The van der Waals surface area contributed by atoms with Crippen molar-refractivity contribution >= 4 is 11.9 Å². The summed E-state index contributed by atoms with van der Waals surface area (Å²) in [5, 5.41) is 7.29. The van der Waals surface area contributed by atoms with Crippen LogP contribution in [0.2, 0.25) is 0 Å². The van der Waals surface area contributed by atoms with Gasteiger partial charge in [-0.15, -0.1) is 0 Å². The second-order valence-electron chi connectivity index (χ2n) is 5.44. The van der Waals surface area contributed by atoms with E-state index in [-0.39, 0.29) is 18.6 Å². The first-order valence-electron chi connectivity index (χ1n) is 7.27. The summed E-state index contributed by atoms with van der Waals surface area (Å²) < 4.78 is 7.58. The van der Waals surface area contributed by atoms with Gasteiger partial charge in [-0.2, -0.15) is 5.10 Å². The van der Waals surface area contributed by atoms with Gasteiger partial charge in [-0.1, -0.05) is 0 Å². The van der Waals surface area contributed by atoms with Crippen LogP contribution in [0.1, 0.15) is 11.7 Å². The van der Waals surface area contributed by atoms with Crippen LogP contribution in [0.4, 0.5) is 0 Å². The number of aliphatic imine (C=N–C) groups is 1. The molecule has 1 aliphatic rings. The molecule has 1 saturated heterocycles. The van der Waals surface area contributed by atoms with Crippen molar-refractivity contribution < 1.29 is 9.53 Å². The lowest BCUT2D eigenvalue weighted by Gasteiger charge is -2.34. The molecule has 0 aromatic carbocycles. The Kier molecular flexibility index (Phi) is 5.37. The first-order chi connectivity index (χ1) is 10.5. The number of amides is 1. The molecule has 1 N–H and O–H groups in total. The zero-order chi connectivity index (χ0) is 16.1. The van der Waals surface area contributed by atoms with Crippen molar-refractivity contribution in [3.63, 3.8) is 0 Å². The Morgan fingerprint density at radius 3 is 2.95 bits per heavy atom. The van der Waals surface area contributed by atoms with E-state index in [0.717, 1.165) is 12.1 Å². The second kappa shape index (κ2) is 7.26. The number of morpholine rings is 1. The van der Waals surface area contributed by atoms with E-state index in [9.17, 15) is 4.79 Å². The standard InChI is InChI=1S/C14H24N6O2/c1-15-14(16-8-13(21)18(2)3)20-5-6-22-12(10-20)11-7-17-19(4)9-11/h7,9,12H,5-6,8,10H2,1-4H3,(H,15,16). The first kappa shape index (κ1) is 16.3. The Morgan fingerprint density at radius 2 is 2.36 bits per heavy atom. The molecule has 0 spiro atoms. The number of carbonyl (C=O) groups is 1. The van der Waals surface area contributed by atoms with Crippen molar-refractivity contribution in [3.8, 4) is 0 Å². The van der Waals surface area contributed by atoms with Crippen LogP contribution in [0.3, 0.4) is 0 Å². The van der Waals surface area contributed by atoms with Gasteiger partial charge < -0.3 is 19.9 Å². The Hall–Kier alpha value is -2.09. The molecule has 22 heavy (non-hydrogen) atoms. The molecule has 1 amide bonds. The Labute approximate surface area is 130 Å². The van der Waals surface area contributed by atoms with Crippen molar-refractivity contribution in [3.05, 3.63) is 18.0 Å². The van der Waals surface area contributed by atoms with Crippen LogP contribution in [0, 0.1) is 0 Å². The third-order valence-electron chi connectivity index (χ3n) is 3.57. The minimum absolute atomic E-state index is 0.0122. The van der Waals surface area contributed by atoms with Crippen molar-refractivity contribution in [1.82, 2.24) is 24.9 Å². The van der Waals surface area contributed by atoms with Crippen LogP contribution < -0.4 is 5.32 Å². The van der Waals surface area contributed by atoms with Gasteiger partial charge in [-0.25, -0.2) is 0 Å². The lowest BCUT2D eigenvalue weighted by molar-refractivity contribution is -0.127. The van der Waals surface area contributed by atoms with E-state index < -0.39 is 0 Å². The van der Waals surface area contributed by atoms with Gasteiger partial charge in [0.1, 0.15) is 6.10 Å². The summed E-state index contributed by atoms with van der Waals surface area (Å²) in [5.41, 5.74) is 1.05. The molecule has 8 heteroatoms. The minimum atomic E-state index is -0.0365. The van der Waals surface area contributed by atoms with E-state index in [1.165, 1.54) is 0 Å². The fourth-order valence-corrected chi connectivity index (χ4v) is 2.29. The Balaban J connectivity index is 1.96. The highest BCUT2D eigenvalue weighted by Crippen LogP contribution is 2.21. The number of hydrogen-bond donors (Lipinski definition) is 1. The maximum absolute atomic E-state index is 11.7. The lowest BCUT2D eigenvalue weighted by Crippen LogP contribution is -2.50. The van der Waals surface area contributed by atoms with Gasteiger partial charge in [-0.05, 0) is 0 Å². The zero-order valence-corrected chi connectivity index (χ0v) is 13.6. The molecule has 1 aromatic rings. The summed E-state index contributed by atoms with van der Waals surface area (Å²) in [6.45, 7) is 2.27. The van der Waals surface area contributed by atoms with Crippen LogP contribution in [0.15, 0.2) is 17.4 Å². The van der Waals surface area contributed by atoms with E-state index in [0.29, 0.717) is 19.1 Å². The number of aromatic nitrogens is 2. The number of hydrogen-bond acceptors (Lipinski definition) is 4. The number of ether oxygens (including phenoxy) is 1. The molecule has 1 aliphatic heterocycles. The molecule has 0 bridgehead atoms. The third-order valence-corrected chi connectivity index (χ3v) is 3.57. The van der Waals surface area contributed by atoms with Gasteiger partial charge in [0.15, 0.2) is 5.96 Å². The summed E-state index contributed by atoms with van der Waals surface area (Å²) in [6, 6.07) is 0. The molecular formula is C14H24N6O2. The summed E-state index contributed by atoms with van der Waals surface area (Å²) in [7, 11) is 7.08. The molecule has 2 rings (SSSR count). The molecule has 2 heterocycles. The summed E-state index contributed by atoms with van der Waals surface area (Å²) in [6.07, 6.45) is 3.74. The third kappa shape index (κ3) is 3.97. The van der Waals surface area contributed by atoms with Gasteiger partial charge >= 0.3 is 0 Å². The summed E-state index contributed by atoms with van der Waals surface area (Å²) in [4.78, 5) is 19.6. The molecule has 0 saturated carbocycles. The fourth-order valence-electron chi connectivity index (χ4n) is 2.29. The molecule has 0 radical (unpaired) electrons. The number of guanidine groups is 1. The smallest absolute Gasteiger partial charge is 0.241 e. The lowest BCUT2D eigenvalue weighted by atomic mass is 10.1. The highest BCUT2D eigenvalue weighted by atomic mass is 16.5. The number of nitrogens with one attached hydrogen (secondary N) is 1. The average molecular weight is 308 g/mol. The number of likely N-dealkylation sites (N-methyl/N-ethyl adjacent to an activating group) is 1. The number of rotatable bonds is 3. The van der Waals surface area contributed by atoms with E-state index in [2.05, 4.69) is 20.3 Å². The van der Waals surface area contributed by atoms with E-state index in [1.807, 2.05) is 19.4 Å². The van der Waals surface area contributed by atoms with Crippen LogP contribution in [0.25, 0.3) is 0 Å². The van der Waals surface area contributed by atoms with Gasteiger partial charge in [0.2, 0.25) is 5.91 Å². The average Bonchev–Trinajstić information content (AvgIpc) is 2.94. The number of aryl methyl sites for hydroxylation is 1. The highest BCUT2D eigenvalue weighted by Gasteiger charge is 2.25. The van der Waals surface area contributed by atoms with Crippen LogP contribution in [0.5, 0.6) is 0 Å². The summed E-state index contributed by atoms with van der Waals surface area (Å²) in [5.74, 6) is 0.727. The Bertz CT molecular complexity index is 539. The molecular weight excluding hydrogens is 284 g/mol. The largest absolute Gasteiger partial charge is 0.370 e. The van der Waals surface area contributed by atoms with Crippen LogP contribution in [-0.4, -0.2) is 78.8 Å². The van der Waals surface area contributed by atoms with E-state index >= 15 is 0 Å². The topological polar surface area (TPSA) is 75.0 Å². The van der Waals surface area contributed by atoms with Gasteiger partial charge in [0.25, 0.3) is 0 Å². The predicted octanol–water partition coefficient (Wildman–Crippen LogP) is -0.543. The van der Waals surface area contributed by atoms with Gasteiger partial charge in [-0.3, -0.25) is 14.5 Å². The summed E-state index contributed by atoms with van der Waals surface area (Å²) >= 11 is 0. The zero-order valence-electron chi connectivity index (χ0n) is 13.6. The van der Waals surface area contributed by atoms with Gasteiger partial charge in [0.05, 0.1) is 25.9 Å². The van der Waals surface area contributed by atoms with Gasteiger partial charge in [0, 0.05) is 46.5 Å². The van der Waals surface area contributed by atoms with E-state index in [1.54, 1.807) is 30.7 Å². The monoisotopic (exact) mass is 308 g/mol. The number of nitrogens with zero attached hydrogens (tertiary/aromatic N) is 5. The Morgan fingerprint density at radius 1 is 1.59 bits per heavy atom. The molecule has 122 valence electrons. The van der Waals surface area contributed by atoms with Crippen molar-refractivity contribution in [1.29, 1.82) is 0 Å². The molecule has 1 aromatic heterocycles. The normalized spacial score (nSPS) is 19.2. The maximum Gasteiger partial charge on any atom is 0.241 e.